The van der Waals surface area contributed by atoms with Gasteiger partial charge < -0.3 is 10.6 Å². The monoisotopic (exact) mass is 268 g/mol. The van der Waals surface area contributed by atoms with Gasteiger partial charge in [-0.15, -0.1) is 11.3 Å². The molecule has 3 nitrogen and oxygen atoms in total. The molecule has 4 heteroatoms. The largest absolute Gasteiger partial charge is 0.356 e. The van der Waals surface area contributed by atoms with Gasteiger partial charge in [-0.3, -0.25) is 4.79 Å². The van der Waals surface area contributed by atoms with Crippen LogP contribution in [-0.4, -0.2) is 19.0 Å². The molecule has 0 spiro atoms. The summed E-state index contributed by atoms with van der Waals surface area (Å²) in [5.41, 5.74) is 0. The van der Waals surface area contributed by atoms with Crippen LogP contribution in [-0.2, 0) is 17.8 Å². The Morgan fingerprint density at radius 2 is 2.06 bits per heavy atom. The fourth-order valence-electron chi connectivity index (χ4n) is 1.53. The van der Waals surface area contributed by atoms with Crippen molar-refractivity contribution in [3.8, 4) is 0 Å². The summed E-state index contributed by atoms with van der Waals surface area (Å²) in [6, 6.07) is 4.34. The lowest BCUT2D eigenvalue weighted by Gasteiger charge is -2.07. The molecule has 18 heavy (non-hydrogen) atoms. The maximum Gasteiger partial charge on any atom is 0.221 e. The molecule has 0 aliphatic carbocycles. The number of hydrogen-bond donors (Lipinski definition) is 2. The molecule has 1 aromatic heterocycles. The van der Waals surface area contributed by atoms with E-state index in [4.69, 9.17) is 0 Å². The molecule has 0 fully saturated rings. The molecule has 0 aliphatic rings. The molecule has 1 amide bonds. The number of hydrogen-bond acceptors (Lipinski definition) is 3. The second-order valence-corrected chi connectivity index (χ2v) is 6.10. The lowest BCUT2D eigenvalue weighted by atomic mass is 10.2. The molecule has 0 aromatic carbocycles. The fourth-order valence-corrected chi connectivity index (χ4v) is 2.45. The smallest absolute Gasteiger partial charge is 0.221 e. The first-order valence-corrected chi connectivity index (χ1v) is 7.48. The van der Waals surface area contributed by atoms with Crippen molar-refractivity contribution in [1.82, 2.24) is 10.6 Å². The van der Waals surface area contributed by atoms with E-state index < -0.39 is 0 Å². The number of rotatable bonds is 8. The zero-order valence-electron chi connectivity index (χ0n) is 11.6. The van der Waals surface area contributed by atoms with Crippen LogP contribution in [0, 0.1) is 5.92 Å². The van der Waals surface area contributed by atoms with Crippen molar-refractivity contribution in [2.24, 2.45) is 5.92 Å². The van der Waals surface area contributed by atoms with E-state index in [9.17, 15) is 4.79 Å². The molecule has 1 heterocycles. The van der Waals surface area contributed by atoms with Gasteiger partial charge in [-0.05, 0) is 24.5 Å². The Morgan fingerprint density at radius 1 is 1.33 bits per heavy atom. The van der Waals surface area contributed by atoms with Crippen LogP contribution in [0.2, 0.25) is 0 Å². The van der Waals surface area contributed by atoms with Gasteiger partial charge in [-0.25, -0.2) is 0 Å². The van der Waals surface area contributed by atoms with Gasteiger partial charge in [0.1, 0.15) is 0 Å². The highest BCUT2D eigenvalue weighted by Crippen LogP contribution is 2.16. The number of aryl methyl sites for hydroxylation is 1. The third kappa shape index (κ3) is 6.17. The first-order valence-electron chi connectivity index (χ1n) is 6.66. The van der Waals surface area contributed by atoms with Gasteiger partial charge in [-0.1, -0.05) is 20.8 Å². The molecule has 0 atom stereocenters. The maximum atomic E-state index is 11.5. The Kier molecular flexibility index (Phi) is 6.98. The average molecular weight is 268 g/mol. The lowest BCUT2D eigenvalue weighted by molar-refractivity contribution is -0.121. The summed E-state index contributed by atoms with van der Waals surface area (Å²) < 4.78 is 0. The highest BCUT2D eigenvalue weighted by molar-refractivity contribution is 7.11. The van der Waals surface area contributed by atoms with E-state index in [1.54, 1.807) is 0 Å². The molecule has 0 aliphatic heterocycles. The molecule has 102 valence electrons. The summed E-state index contributed by atoms with van der Waals surface area (Å²) in [6.45, 7) is 8.73. The molecule has 0 bridgehead atoms. The molecule has 0 unspecified atom stereocenters. The van der Waals surface area contributed by atoms with Crippen molar-refractivity contribution in [2.45, 2.75) is 40.2 Å². The highest BCUT2D eigenvalue weighted by atomic mass is 32.1. The van der Waals surface area contributed by atoms with Gasteiger partial charge in [0.25, 0.3) is 0 Å². The van der Waals surface area contributed by atoms with E-state index in [0.29, 0.717) is 12.3 Å². The Labute approximate surface area is 114 Å². The zero-order valence-corrected chi connectivity index (χ0v) is 12.4. The van der Waals surface area contributed by atoms with Crippen LogP contribution in [0.5, 0.6) is 0 Å². The van der Waals surface area contributed by atoms with Crippen molar-refractivity contribution >= 4 is 17.2 Å². The molecule has 1 aromatic rings. The summed E-state index contributed by atoms with van der Waals surface area (Å²) in [5, 5.41) is 6.22. The summed E-state index contributed by atoms with van der Waals surface area (Å²) in [6.07, 6.45) is 1.65. The summed E-state index contributed by atoms with van der Waals surface area (Å²) in [7, 11) is 0. The predicted octanol–water partition coefficient (Wildman–Crippen LogP) is 2.56. The van der Waals surface area contributed by atoms with Crippen molar-refractivity contribution in [3.05, 3.63) is 21.9 Å². The van der Waals surface area contributed by atoms with E-state index in [1.165, 1.54) is 9.75 Å². The number of carbonyl (C=O) groups is 1. The fraction of sp³-hybridized carbons (Fsp3) is 0.643. The standard InChI is InChI=1S/C14H24N2OS/c1-4-12-5-6-13(18-12)10-15-8-7-14(17)16-9-11(2)3/h5-6,11,15H,4,7-10H2,1-3H3,(H,16,17). The minimum atomic E-state index is 0.136. The molecule has 1 rings (SSSR count). The predicted molar refractivity (Wildman–Crippen MR) is 77.9 cm³/mol. The lowest BCUT2D eigenvalue weighted by Crippen LogP contribution is -2.30. The van der Waals surface area contributed by atoms with Gasteiger partial charge in [0.05, 0.1) is 0 Å². The van der Waals surface area contributed by atoms with E-state index in [1.807, 2.05) is 11.3 Å². The number of amides is 1. The third-order valence-corrected chi connectivity index (χ3v) is 3.83. The molecular weight excluding hydrogens is 244 g/mol. The number of thiophene rings is 1. The van der Waals surface area contributed by atoms with E-state index in [2.05, 4.69) is 43.5 Å². The molecule has 2 N–H and O–H groups in total. The third-order valence-electron chi connectivity index (χ3n) is 2.60. The van der Waals surface area contributed by atoms with E-state index in [-0.39, 0.29) is 5.91 Å². The van der Waals surface area contributed by atoms with Gasteiger partial charge >= 0.3 is 0 Å². The van der Waals surface area contributed by atoms with Gasteiger partial charge in [-0.2, -0.15) is 0 Å². The van der Waals surface area contributed by atoms with Crippen LogP contribution in [0.4, 0.5) is 0 Å². The normalized spacial score (nSPS) is 10.9. The van der Waals surface area contributed by atoms with Crippen molar-refractivity contribution in [3.63, 3.8) is 0 Å². The SMILES string of the molecule is CCc1ccc(CNCCC(=O)NCC(C)C)s1. The first kappa shape index (κ1) is 15.2. The highest BCUT2D eigenvalue weighted by Gasteiger charge is 2.02. The number of nitrogens with one attached hydrogen (secondary N) is 2. The van der Waals surface area contributed by atoms with Gasteiger partial charge in [0.2, 0.25) is 5.91 Å². The van der Waals surface area contributed by atoms with Gasteiger partial charge in [0, 0.05) is 35.8 Å². The Morgan fingerprint density at radius 3 is 2.67 bits per heavy atom. The average Bonchev–Trinajstić information content (AvgIpc) is 2.80. The molecule has 0 saturated carbocycles. The summed E-state index contributed by atoms with van der Waals surface area (Å²) >= 11 is 1.84. The van der Waals surface area contributed by atoms with Crippen molar-refractivity contribution in [1.29, 1.82) is 0 Å². The second-order valence-electron chi connectivity index (χ2n) is 4.85. The summed E-state index contributed by atoms with van der Waals surface area (Å²) in [5.74, 6) is 0.650. The maximum absolute atomic E-state index is 11.5. The Hall–Kier alpha value is -0.870. The van der Waals surface area contributed by atoms with Crippen LogP contribution in [0.1, 0.15) is 36.9 Å². The van der Waals surface area contributed by atoms with Crippen LogP contribution in [0.3, 0.4) is 0 Å². The molecule has 0 radical (unpaired) electrons. The van der Waals surface area contributed by atoms with Gasteiger partial charge in [0.15, 0.2) is 0 Å². The molecule has 0 saturated heterocycles. The molecular formula is C14H24N2OS. The topological polar surface area (TPSA) is 41.1 Å². The van der Waals surface area contributed by atoms with Crippen molar-refractivity contribution in [2.75, 3.05) is 13.1 Å². The van der Waals surface area contributed by atoms with Crippen LogP contribution in [0.15, 0.2) is 12.1 Å². The van der Waals surface area contributed by atoms with E-state index in [0.717, 1.165) is 26.1 Å². The zero-order chi connectivity index (χ0) is 13.4. The Balaban J connectivity index is 2.09. The number of carbonyl (C=O) groups excluding carboxylic acids is 1. The van der Waals surface area contributed by atoms with Crippen LogP contribution in [0.25, 0.3) is 0 Å². The van der Waals surface area contributed by atoms with E-state index >= 15 is 0 Å². The quantitative estimate of drug-likeness (QED) is 0.712. The second kappa shape index (κ2) is 8.27. The van der Waals surface area contributed by atoms with Crippen molar-refractivity contribution < 1.29 is 4.79 Å². The minimum Gasteiger partial charge on any atom is -0.356 e. The summed E-state index contributed by atoms with van der Waals surface area (Å²) in [4.78, 5) is 14.2. The Bertz CT molecular complexity index is 360. The minimum absolute atomic E-state index is 0.136. The van der Waals surface area contributed by atoms with Crippen LogP contribution < -0.4 is 10.6 Å². The first-order chi connectivity index (χ1) is 8.61. The van der Waals surface area contributed by atoms with Crippen LogP contribution >= 0.6 is 11.3 Å².